The molecule has 29 heavy (non-hydrogen) atoms. The third kappa shape index (κ3) is 6.32. The Labute approximate surface area is 188 Å². The van der Waals surface area contributed by atoms with Crippen LogP contribution in [0.1, 0.15) is 59.5 Å². The summed E-state index contributed by atoms with van der Waals surface area (Å²) in [5, 5.41) is 2.66. The number of ether oxygens (including phenoxy) is 2. The van der Waals surface area contributed by atoms with E-state index in [1.54, 1.807) is 0 Å². The molecular formula is C19H31BrN4O3S2. The molecule has 164 valence electrons. The van der Waals surface area contributed by atoms with Crippen LogP contribution >= 0.6 is 27.3 Å². The molecule has 0 saturated heterocycles. The van der Waals surface area contributed by atoms with Crippen molar-refractivity contribution in [1.29, 1.82) is 0 Å². The van der Waals surface area contributed by atoms with Crippen LogP contribution in [0.2, 0.25) is 0 Å². The first kappa shape index (κ1) is 24.4. The predicted octanol–water partition coefficient (Wildman–Crippen LogP) is 4.28. The topological polar surface area (TPSA) is 85.2 Å². The summed E-state index contributed by atoms with van der Waals surface area (Å²) in [7, 11) is -1.33. The molecule has 1 N–H and O–H groups in total. The molecule has 1 aromatic heterocycles. The zero-order chi connectivity index (χ0) is 21.8. The number of aromatic nitrogens is 1. The maximum atomic E-state index is 12.9. The van der Waals surface area contributed by atoms with Crippen molar-refractivity contribution in [2.75, 3.05) is 13.2 Å². The molecule has 0 aromatic carbocycles. The molecule has 1 aliphatic rings. The second-order valence-electron chi connectivity index (χ2n) is 7.92. The number of rotatable bonds is 7. The highest BCUT2D eigenvalue weighted by Gasteiger charge is 2.39. The average molecular weight is 508 g/mol. The smallest absolute Gasteiger partial charge is 0.211 e. The van der Waals surface area contributed by atoms with E-state index >= 15 is 0 Å². The average Bonchev–Trinajstić information content (AvgIpc) is 3.06. The number of aliphatic imine (C=N–C) groups is 2. The molecule has 0 spiro atoms. The van der Waals surface area contributed by atoms with Crippen molar-refractivity contribution in [3.8, 4) is 0 Å². The minimum atomic E-state index is -1.33. The molecule has 1 aromatic rings. The van der Waals surface area contributed by atoms with Gasteiger partial charge in [0, 0.05) is 5.38 Å². The highest BCUT2D eigenvalue weighted by atomic mass is 79.9. The van der Waals surface area contributed by atoms with Crippen LogP contribution in [0.25, 0.3) is 0 Å². The molecule has 10 heteroatoms. The van der Waals surface area contributed by atoms with Gasteiger partial charge in [-0.05, 0) is 56.5 Å². The van der Waals surface area contributed by atoms with Crippen molar-refractivity contribution in [2.24, 2.45) is 15.9 Å². The van der Waals surface area contributed by atoms with Crippen molar-refractivity contribution in [1.82, 2.24) is 9.71 Å². The molecule has 0 saturated carbocycles. The zero-order valence-electron chi connectivity index (χ0n) is 18.1. The van der Waals surface area contributed by atoms with E-state index in [-0.39, 0.29) is 12.0 Å². The molecule has 4 atom stereocenters. The van der Waals surface area contributed by atoms with Crippen molar-refractivity contribution < 1.29 is 13.7 Å². The Hall–Kier alpha value is -0.840. The van der Waals surface area contributed by atoms with Crippen LogP contribution in [-0.4, -0.2) is 51.0 Å². The Morgan fingerprint density at radius 1 is 1.17 bits per heavy atom. The molecule has 0 fully saturated rings. The van der Waals surface area contributed by atoms with Gasteiger partial charge >= 0.3 is 0 Å². The largest absolute Gasteiger partial charge is 0.480 e. The molecule has 0 amide bonds. The third-order valence-corrected chi connectivity index (χ3v) is 7.34. The van der Waals surface area contributed by atoms with E-state index in [9.17, 15) is 4.21 Å². The summed E-state index contributed by atoms with van der Waals surface area (Å²) in [6.07, 6.45) is 0. The number of hydrogen-bond acceptors (Lipinski definition) is 7. The van der Waals surface area contributed by atoms with Crippen LogP contribution in [0.3, 0.4) is 0 Å². The first-order valence-corrected chi connectivity index (χ1v) is 12.6. The summed E-state index contributed by atoms with van der Waals surface area (Å²) in [6.45, 7) is 14.7. The standard InChI is InChI=1S/C19H31BrN4O3S2/c1-8-26-16-13(11(3)4)22-17(27-9-2)14(23-16)15(18-21-12(20)10-28-18)24-29(25)19(5,6)7/h10-11,13-15,24H,8-9H2,1-7H3/t13-,14+,15?,29?/m1/s1. The second kappa shape index (κ2) is 10.5. The zero-order valence-corrected chi connectivity index (χ0v) is 21.3. The molecule has 7 nitrogen and oxygen atoms in total. The van der Waals surface area contributed by atoms with Crippen LogP contribution in [0.4, 0.5) is 0 Å². The minimum Gasteiger partial charge on any atom is -0.480 e. The van der Waals surface area contributed by atoms with Gasteiger partial charge in [0.25, 0.3) is 0 Å². The second-order valence-corrected chi connectivity index (χ2v) is 11.6. The number of hydrogen-bond donors (Lipinski definition) is 1. The molecule has 0 bridgehead atoms. The number of halogens is 1. The van der Waals surface area contributed by atoms with E-state index in [1.165, 1.54) is 11.3 Å². The number of thiazole rings is 1. The van der Waals surface area contributed by atoms with E-state index in [0.29, 0.717) is 25.0 Å². The van der Waals surface area contributed by atoms with Gasteiger partial charge in [-0.25, -0.2) is 23.9 Å². The third-order valence-electron chi connectivity index (χ3n) is 4.12. The van der Waals surface area contributed by atoms with Crippen LogP contribution < -0.4 is 4.72 Å². The van der Waals surface area contributed by atoms with Crippen molar-refractivity contribution in [3.05, 3.63) is 15.0 Å². The highest BCUT2D eigenvalue weighted by molar-refractivity contribution is 9.10. The fourth-order valence-electron chi connectivity index (χ4n) is 2.68. The Bertz CT molecular complexity index is 774. The molecule has 2 rings (SSSR count). The van der Waals surface area contributed by atoms with E-state index in [0.717, 1.165) is 9.61 Å². The van der Waals surface area contributed by atoms with Crippen LogP contribution in [-0.2, 0) is 20.5 Å². The fourth-order valence-corrected chi connectivity index (χ4v) is 4.93. The lowest BCUT2D eigenvalue weighted by Crippen LogP contribution is -2.46. The fraction of sp³-hybridized carbons (Fsp3) is 0.737. The summed E-state index contributed by atoms with van der Waals surface area (Å²) < 4.78 is 28.2. The summed E-state index contributed by atoms with van der Waals surface area (Å²) in [5.74, 6) is 1.31. The van der Waals surface area contributed by atoms with Gasteiger partial charge in [0.15, 0.2) is 6.04 Å². The molecular weight excluding hydrogens is 476 g/mol. The quantitative estimate of drug-likeness (QED) is 0.597. The van der Waals surface area contributed by atoms with Gasteiger partial charge < -0.3 is 9.47 Å². The van der Waals surface area contributed by atoms with Crippen molar-refractivity contribution in [3.63, 3.8) is 0 Å². The summed E-state index contributed by atoms with van der Waals surface area (Å²) in [4.78, 5) is 14.3. The Morgan fingerprint density at radius 3 is 2.17 bits per heavy atom. The van der Waals surface area contributed by atoms with Gasteiger partial charge in [0.1, 0.15) is 21.7 Å². The minimum absolute atomic E-state index is 0.204. The van der Waals surface area contributed by atoms with Gasteiger partial charge in [0.2, 0.25) is 11.8 Å². The normalized spacial score (nSPS) is 22.1. The van der Waals surface area contributed by atoms with Gasteiger partial charge in [0.05, 0.1) is 28.9 Å². The monoisotopic (exact) mass is 506 g/mol. The van der Waals surface area contributed by atoms with Gasteiger partial charge in [-0.15, -0.1) is 11.3 Å². The van der Waals surface area contributed by atoms with Crippen molar-refractivity contribution >= 4 is 50.0 Å². The van der Waals surface area contributed by atoms with Crippen LogP contribution in [0.5, 0.6) is 0 Å². The summed E-state index contributed by atoms with van der Waals surface area (Å²) in [6, 6.07) is -1.18. The first-order chi connectivity index (χ1) is 13.6. The summed E-state index contributed by atoms with van der Waals surface area (Å²) >= 11 is 4.89. The van der Waals surface area contributed by atoms with E-state index in [4.69, 9.17) is 19.5 Å². The maximum absolute atomic E-state index is 12.9. The Balaban J connectivity index is 2.52. The highest BCUT2D eigenvalue weighted by Crippen LogP contribution is 2.31. The SMILES string of the molecule is CCOC1=N[C@H](C(C)C)C(OCC)=N[C@H]1C(NS(=O)C(C)(C)C)c1nc(Br)cs1. The molecule has 0 aliphatic carbocycles. The molecule has 1 aliphatic heterocycles. The lowest BCUT2D eigenvalue weighted by molar-refractivity contribution is 0.270. The lowest BCUT2D eigenvalue weighted by atomic mass is 10.0. The predicted molar refractivity (Wildman–Crippen MR) is 124 cm³/mol. The number of nitrogens with zero attached hydrogens (tertiary/aromatic N) is 3. The Kier molecular flexibility index (Phi) is 8.81. The lowest BCUT2D eigenvalue weighted by Gasteiger charge is -2.32. The van der Waals surface area contributed by atoms with Crippen LogP contribution in [0, 0.1) is 5.92 Å². The molecule has 0 radical (unpaired) electrons. The maximum Gasteiger partial charge on any atom is 0.211 e. The molecule has 2 heterocycles. The molecule has 2 unspecified atom stereocenters. The van der Waals surface area contributed by atoms with Crippen molar-refractivity contribution in [2.45, 2.75) is 71.3 Å². The van der Waals surface area contributed by atoms with Gasteiger partial charge in [-0.2, -0.15) is 0 Å². The van der Waals surface area contributed by atoms with E-state index in [2.05, 4.69) is 39.5 Å². The van der Waals surface area contributed by atoms with E-state index in [1.807, 2.05) is 40.0 Å². The van der Waals surface area contributed by atoms with E-state index < -0.39 is 27.8 Å². The first-order valence-electron chi connectivity index (χ1n) is 9.78. The van der Waals surface area contributed by atoms with Gasteiger partial charge in [-0.3, -0.25) is 0 Å². The number of nitrogens with one attached hydrogen (secondary N) is 1. The summed E-state index contributed by atoms with van der Waals surface area (Å²) in [5.41, 5.74) is 0. The Morgan fingerprint density at radius 2 is 1.72 bits per heavy atom. The van der Waals surface area contributed by atoms with Gasteiger partial charge in [-0.1, -0.05) is 13.8 Å². The van der Waals surface area contributed by atoms with Crippen LogP contribution in [0.15, 0.2) is 20.0 Å².